The minimum atomic E-state index is -0.552. The number of fused-ring (bicyclic) bond motifs is 1. The first-order chi connectivity index (χ1) is 6.74. The van der Waals surface area contributed by atoms with Crippen molar-refractivity contribution in [1.82, 2.24) is 0 Å². The predicted molar refractivity (Wildman–Crippen MR) is 53.4 cm³/mol. The fourth-order valence-corrected chi connectivity index (χ4v) is 1.35. The van der Waals surface area contributed by atoms with Gasteiger partial charge in [0.15, 0.2) is 0 Å². The summed E-state index contributed by atoms with van der Waals surface area (Å²) in [6.07, 6.45) is 0. The van der Waals surface area contributed by atoms with Crippen molar-refractivity contribution in [2.75, 3.05) is 12.8 Å². The third kappa shape index (κ3) is 1.12. The summed E-state index contributed by atoms with van der Waals surface area (Å²) in [5.41, 5.74) is 5.98. The molecule has 0 aliphatic heterocycles. The van der Waals surface area contributed by atoms with Crippen molar-refractivity contribution in [3.05, 3.63) is 34.7 Å². The fourth-order valence-electron chi connectivity index (χ4n) is 1.35. The van der Waals surface area contributed by atoms with E-state index in [9.17, 15) is 4.79 Å². The summed E-state index contributed by atoms with van der Waals surface area (Å²) in [6.45, 7) is 0. The number of hydrogen-bond acceptors (Lipinski definition) is 4. The third-order valence-corrected chi connectivity index (χ3v) is 2.01. The number of hydrogen-bond donors (Lipinski definition) is 1. The second-order valence-corrected chi connectivity index (χ2v) is 2.83. The van der Waals surface area contributed by atoms with Crippen molar-refractivity contribution in [2.45, 2.75) is 0 Å². The van der Waals surface area contributed by atoms with Crippen LogP contribution in [0, 0.1) is 0 Å². The smallest absolute Gasteiger partial charge is 0.381 e. The lowest BCUT2D eigenvalue weighted by atomic mass is 10.2. The summed E-state index contributed by atoms with van der Waals surface area (Å²) in [5.74, 6) is 0.0590. The van der Waals surface area contributed by atoms with Crippen molar-refractivity contribution in [1.29, 1.82) is 0 Å². The van der Waals surface area contributed by atoms with Gasteiger partial charge in [-0.1, -0.05) is 12.1 Å². The van der Waals surface area contributed by atoms with Gasteiger partial charge in [0.25, 0.3) is 0 Å². The highest BCUT2D eigenvalue weighted by molar-refractivity contribution is 5.91. The number of methoxy groups -OCH3 is 1. The van der Waals surface area contributed by atoms with Crippen LogP contribution < -0.4 is 16.1 Å². The van der Waals surface area contributed by atoms with Gasteiger partial charge < -0.3 is 14.9 Å². The molecule has 0 aliphatic carbocycles. The van der Waals surface area contributed by atoms with Crippen molar-refractivity contribution < 1.29 is 9.15 Å². The van der Waals surface area contributed by atoms with Gasteiger partial charge in [0.05, 0.1) is 12.8 Å². The zero-order valence-electron chi connectivity index (χ0n) is 7.61. The van der Waals surface area contributed by atoms with Crippen molar-refractivity contribution in [2.24, 2.45) is 0 Å². The fraction of sp³-hybridized carbons (Fsp3) is 0.100. The molecule has 0 unspecified atom stereocenters. The Bertz CT molecular complexity index is 530. The van der Waals surface area contributed by atoms with Gasteiger partial charge in [-0.25, -0.2) is 4.79 Å². The second kappa shape index (κ2) is 3.06. The van der Waals surface area contributed by atoms with E-state index in [1.54, 1.807) is 18.2 Å². The Hall–Kier alpha value is -1.97. The Labute approximate surface area is 79.9 Å². The molecule has 0 fully saturated rings. The number of para-hydroxylation sites is 1. The van der Waals surface area contributed by atoms with Gasteiger partial charge in [0, 0.05) is 5.39 Å². The maximum absolute atomic E-state index is 11.3. The van der Waals surface area contributed by atoms with Crippen LogP contribution in [0.4, 0.5) is 5.69 Å². The molecule has 0 saturated carbocycles. The Kier molecular flexibility index (Phi) is 1.89. The molecule has 0 saturated heterocycles. The molecule has 1 aromatic carbocycles. The minimum Gasteiger partial charge on any atom is -0.488 e. The highest BCUT2D eigenvalue weighted by atomic mass is 16.5. The maximum atomic E-state index is 11.3. The molecule has 14 heavy (non-hydrogen) atoms. The topological polar surface area (TPSA) is 65.5 Å². The first-order valence-electron chi connectivity index (χ1n) is 4.09. The van der Waals surface area contributed by atoms with E-state index in [2.05, 4.69) is 0 Å². The van der Waals surface area contributed by atoms with Crippen molar-refractivity contribution >= 4 is 16.7 Å². The molecule has 0 bridgehead atoms. The number of nitrogen functional groups attached to an aromatic ring is 1. The zero-order valence-corrected chi connectivity index (χ0v) is 7.61. The molecule has 2 N–H and O–H groups in total. The molecule has 0 radical (unpaired) electrons. The molecular weight excluding hydrogens is 182 g/mol. The maximum Gasteiger partial charge on any atom is 0.381 e. The molecule has 4 nitrogen and oxygen atoms in total. The second-order valence-electron chi connectivity index (χ2n) is 2.83. The summed E-state index contributed by atoms with van der Waals surface area (Å²) in [5, 5.41) is 0.684. The van der Waals surface area contributed by atoms with E-state index < -0.39 is 5.63 Å². The summed E-state index contributed by atoms with van der Waals surface area (Å²) in [4.78, 5) is 11.3. The van der Waals surface area contributed by atoms with E-state index in [1.165, 1.54) is 7.11 Å². The molecule has 0 atom stereocenters. The number of nitrogens with two attached hydrogens (primary N) is 1. The van der Waals surface area contributed by atoms with Gasteiger partial charge in [0.1, 0.15) is 5.58 Å². The molecule has 4 heteroatoms. The van der Waals surface area contributed by atoms with E-state index in [0.29, 0.717) is 16.7 Å². The summed E-state index contributed by atoms with van der Waals surface area (Å²) in [7, 11) is 1.39. The van der Waals surface area contributed by atoms with E-state index in [4.69, 9.17) is 14.9 Å². The molecule has 0 aliphatic rings. The zero-order chi connectivity index (χ0) is 10.1. The standard InChI is InChI=1S/C10H9NO3/c1-13-9-8(11)6-4-2-3-5-7(6)14-10(9)12/h2-5H,11H2,1H3. The van der Waals surface area contributed by atoms with Gasteiger partial charge in [-0.05, 0) is 12.1 Å². The predicted octanol–water partition coefficient (Wildman–Crippen LogP) is 1.38. The van der Waals surface area contributed by atoms with Crippen LogP contribution in [0.25, 0.3) is 11.0 Å². The van der Waals surface area contributed by atoms with E-state index >= 15 is 0 Å². The summed E-state index contributed by atoms with van der Waals surface area (Å²) < 4.78 is 9.86. The first kappa shape index (κ1) is 8.62. The van der Waals surface area contributed by atoms with Crippen LogP contribution in [0.15, 0.2) is 33.5 Å². The summed E-state index contributed by atoms with van der Waals surface area (Å²) in [6, 6.07) is 7.05. The largest absolute Gasteiger partial charge is 0.488 e. The number of rotatable bonds is 1. The lowest BCUT2D eigenvalue weighted by molar-refractivity contribution is 0.388. The van der Waals surface area contributed by atoms with Crippen molar-refractivity contribution in [3.63, 3.8) is 0 Å². The first-order valence-corrected chi connectivity index (χ1v) is 4.09. The minimum absolute atomic E-state index is 0.0590. The molecule has 1 aromatic heterocycles. The average molecular weight is 191 g/mol. The molecule has 2 aromatic rings. The Morgan fingerprint density at radius 2 is 2.07 bits per heavy atom. The number of ether oxygens (including phenoxy) is 1. The van der Waals surface area contributed by atoms with Gasteiger partial charge in [-0.15, -0.1) is 0 Å². The molecule has 0 amide bonds. The van der Waals surface area contributed by atoms with Gasteiger partial charge in [-0.2, -0.15) is 0 Å². The highest BCUT2D eigenvalue weighted by Gasteiger charge is 2.11. The van der Waals surface area contributed by atoms with Crippen LogP contribution in [0.3, 0.4) is 0 Å². The molecule has 2 rings (SSSR count). The Balaban J connectivity index is 2.93. The van der Waals surface area contributed by atoms with Gasteiger partial charge in [0.2, 0.25) is 5.75 Å². The molecule has 72 valence electrons. The van der Waals surface area contributed by atoms with Crippen LogP contribution in [0.1, 0.15) is 0 Å². The summed E-state index contributed by atoms with van der Waals surface area (Å²) >= 11 is 0. The van der Waals surface area contributed by atoms with Crippen LogP contribution in [0.5, 0.6) is 5.75 Å². The van der Waals surface area contributed by atoms with Crippen LogP contribution in [-0.4, -0.2) is 7.11 Å². The van der Waals surface area contributed by atoms with Crippen LogP contribution in [-0.2, 0) is 0 Å². The van der Waals surface area contributed by atoms with Crippen molar-refractivity contribution in [3.8, 4) is 5.75 Å². The Morgan fingerprint density at radius 1 is 1.36 bits per heavy atom. The number of benzene rings is 1. The van der Waals surface area contributed by atoms with Gasteiger partial charge in [-0.3, -0.25) is 0 Å². The lowest BCUT2D eigenvalue weighted by Gasteiger charge is -2.04. The van der Waals surface area contributed by atoms with E-state index in [0.717, 1.165) is 0 Å². The normalized spacial score (nSPS) is 10.4. The molecule has 0 spiro atoms. The third-order valence-electron chi connectivity index (χ3n) is 2.01. The molecule has 1 heterocycles. The monoisotopic (exact) mass is 191 g/mol. The number of anilines is 1. The van der Waals surface area contributed by atoms with Gasteiger partial charge >= 0.3 is 5.63 Å². The SMILES string of the molecule is COc1c(N)c2ccccc2oc1=O. The average Bonchev–Trinajstić information content (AvgIpc) is 2.18. The quantitative estimate of drug-likeness (QED) is 0.691. The van der Waals surface area contributed by atoms with E-state index in [-0.39, 0.29) is 5.75 Å². The van der Waals surface area contributed by atoms with Crippen LogP contribution >= 0.6 is 0 Å². The Morgan fingerprint density at radius 3 is 2.79 bits per heavy atom. The molecular formula is C10H9NO3. The van der Waals surface area contributed by atoms with Crippen LogP contribution in [0.2, 0.25) is 0 Å². The highest BCUT2D eigenvalue weighted by Crippen LogP contribution is 2.26. The lowest BCUT2D eigenvalue weighted by Crippen LogP contribution is -2.07. The van der Waals surface area contributed by atoms with E-state index in [1.807, 2.05) is 6.07 Å².